The number of nitrogens with zero attached hydrogens (tertiary/aromatic N) is 2. The summed E-state index contributed by atoms with van der Waals surface area (Å²) in [6.45, 7) is 9.20. The van der Waals surface area contributed by atoms with Gasteiger partial charge in [-0.15, -0.1) is 0 Å². The van der Waals surface area contributed by atoms with Crippen LogP contribution >= 0.6 is 15.9 Å². The summed E-state index contributed by atoms with van der Waals surface area (Å²) < 4.78 is 30.6. The number of aryl methyl sites for hydroxylation is 3. The Morgan fingerprint density at radius 2 is 1.46 bits per heavy atom. The zero-order valence-corrected chi connectivity index (χ0v) is 29.4. The van der Waals surface area contributed by atoms with E-state index in [2.05, 4.69) is 21.2 Å². The van der Waals surface area contributed by atoms with Gasteiger partial charge in [0.05, 0.1) is 10.6 Å². The van der Waals surface area contributed by atoms with Gasteiger partial charge in [-0.25, -0.2) is 8.42 Å². The van der Waals surface area contributed by atoms with Crippen molar-refractivity contribution in [3.05, 3.63) is 129 Å². The van der Waals surface area contributed by atoms with Gasteiger partial charge in [-0.05, 0) is 81.1 Å². The second-order valence-electron chi connectivity index (χ2n) is 11.8. The zero-order valence-electron chi connectivity index (χ0n) is 27.0. The summed E-state index contributed by atoms with van der Waals surface area (Å²) in [7, 11) is -4.16. The van der Waals surface area contributed by atoms with Crippen molar-refractivity contribution in [1.29, 1.82) is 0 Å². The molecule has 4 aromatic rings. The largest absolute Gasteiger partial charge is 0.352 e. The van der Waals surface area contributed by atoms with E-state index in [1.807, 2.05) is 101 Å². The van der Waals surface area contributed by atoms with Crippen LogP contribution < -0.4 is 9.62 Å². The molecule has 0 aliphatic rings. The van der Waals surface area contributed by atoms with Crippen LogP contribution in [0.1, 0.15) is 48.1 Å². The standard InChI is InChI=1S/C37H42BrN3O4S/c1-6-29(5)39-37(43)35(23-30-10-8-7-9-11-30)40(24-31-15-17-32(38)18-16-31)36(42)25-41(34-21-14-27(3)22-28(34)4)46(44,45)33-19-12-26(2)13-20-33/h7-22,29,35H,6,23-25H2,1-5H3,(H,39,43)/t29-,35-/m0/s1. The number of amides is 2. The highest BCUT2D eigenvalue weighted by atomic mass is 79.9. The number of rotatable bonds is 13. The predicted octanol–water partition coefficient (Wildman–Crippen LogP) is 7.12. The van der Waals surface area contributed by atoms with E-state index in [0.29, 0.717) is 5.69 Å². The normalized spacial score (nSPS) is 12.7. The van der Waals surface area contributed by atoms with E-state index < -0.39 is 28.5 Å². The fourth-order valence-electron chi connectivity index (χ4n) is 5.22. The first kappa shape index (κ1) is 34.9. The van der Waals surface area contributed by atoms with Crippen LogP contribution in [0.4, 0.5) is 5.69 Å². The monoisotopic (exact) mass is 703 g/mol. The molecule has 0 aliphatic carbocycles. The summed E-state index contributed by atoms with van der Waals surface area (Å²) >= 11 is 3.47. The van der Waals surface area contributed by atoms with Crippen LogP contribution in [0.15, 0.2) is 106 Å². The maximum Gasteiger partial charge on any atom is 0.264 e. The van der Waals surface area contributed by atoms with Crippen LogP contribution in [0.3, 0.4) is 0 Å². The van der Waals surface area contributed by atoms with Crippen molar-refractivity contribution in [3.63, 3.8) is 0 Å². The molecule has 9 heteroatoms. The van der Waals surface area contributed by atoms with Crippen LogP contribution in [0.2, 0.25) is 0 Å². The molecule has 0 saturated carbocycles. The Balaban J connectivity index is 1.83. The molecular formula is C37H42BrN3O4S. The minimum atomic E-state index is -4.16. The fourth-order valence-corrected chi connectivity index (χ4v) is 6.96. The van der Waals surface area contributed by atoms with Gasteiger partial charge in [0.1, 0.15) is 12.6 Å². The SMILES string of the molecule is CC[C@H](C)NC(=O)[C@H](Cc1ccccc1)N(Cc1ccc(Br)cc1)C(=O)CN(c1ccc(C)cc1C)S(=O)(=O)c1ccc(C)cc1. The Hall–Kier alpha value is -3.95. The van der Waals surface area contributed by atoms with Crippen LogP contribution in [0, 0.1) is 20.8 Å². The van der Waals surface area contributed by atoms with Gasteiger partial charge in [0.25, 0.3) is 10.0 Å². The highest BCUT2D eigenvalue weighted by Crippen LogP contribution is 2.29. The van der Waals surface area contributed by atoms with Gasteiger partial charge in [-0.2, -0.15) is 0 Å². The second-order valence-corrected chi connectivity index (χ2v) is 14.6. The Kier molecular flexibility index (Phi) is 11.8. The molecule has 0 aliphatic heterocycles. The Morgan fingerprint density at radius 1 is 0.826 bits per heavy atom. The van der Waals surface area contributed by atoms with Crippen LogP contribution in [0.5, 0.6) is 0 Å². The van der Waals surface area contributed by atoms with E-state index >= 15 is 0 Å². The lowest BCUT2D eigenvalue weighted by molar-refractivity contribution is -0.140. The summed E-state index contributed by atoms with van der Waals surface area (Å²) in [6.07, 6.45) is 0.985. The van der Waals surface area contributed by atoms with Crippen molar-refractivity contribution >= 4 is 43.5 Å². The smallest absolute Gasteiger partial charge is 0.264 e. The molecule has 4 aromatic carbocycles. The number of halogens is 1. The zero-order chi connectivity index (χ0) is 33.4. The van der Waals surface area contributed by atoms with E-state index in [4.69, 9.17) is 0 Å². The molecule has 0 unspecified atom stereocenters. The van der Waals surface area contributed by atoms with Crippen molar-refractivity contribution in [2.45, 2.75) is 71.0 Å². The molecule has 242 valence electrons. The van der Waals surface area contributed by atoms with Crippen molar-refractivity contribution in [1.82, 2.24) is 10.2 Å². The van der Waals surface area contributed by atoms with E-state index in [9.17, 15) is 18.0 Å². The number of carbonyl (C=O) groups is 2. The Bertz CT molecular complexity index is 1740. The minimum absolute atomic E-state index is 0.0840. The molecule has 7 nitrogen and oxygen atoms in total. The van der Waals surface area contributed by atoms with Gasteiger partial charge in [0.2, 0.25) is 11.8 Å². The lowest BCUT2D eigenvalue weighted by Crippen LogP contribution is -2.54. The average Bonchev–Trinajstić information content (AvgIpc) is 3.03. The van der Waals surface area contributed by atoms with Crippen LogP contribution in [-0.2, 0) is 32.6 Å². The summed E-state index contributed by atoms with van der Waals surface area (Å²) in [6, 6.07) is 28.2. The molecule has 46 heavy (non-hydrogen) atoms. The number of anilines is 1. The second kappa shape index (κ2) is 15.6. The number of sulfonamides is 1. The van der Waals surface area contributed by atoms with Gasteiger partial charge in [-0.3, -0.25) is 13.9 Å². The first-order valence-electron chi connectivity index (χ1n) is 15.4. The highest BCUT2D eigenvalue weighted by Gasteiger charge is 2.35. The van der Waals surface area contributed by atoms with Gasteiger partial charge in [-0.1, -0.05) is 101 Å². The number of hydrogen-bond donors (Lipinski definition) is 1. The molecule has 0 radical (unpaired) electrons. The molecule has 0 bridgehead atoms. The number of nitrogens with one attached hydrogen (secondary N) is 1. The molecule has 2 atom stereocenters. The molecule has 0 fully saturated rings. The lowest BCUT2D eigenvalue weighted by Gasteiger charge is -2.34. The maximum absolute atomic E-state index is 14.6. The molecular weight excluding hydrogens is 662 g/mol. The van der Waals surface area contributed by atoms with E-state index in [1.165, 1.54) is 9.21 Å². The first-order chi connectivity index (χ1) is 21.9. The summed E-state index contributed by atoms with van der Waals surface area (Å²) in [5.41, 5.74) is 4.72. The van der Waals surface area contributed by atoms with Crippen molar-refractivity contribution in [2.75, 3.05) is 10.8 Å². The minimum Gasteiger partial charge on any atom is -0.352 e. The lowest BCUT2D eigenvalue weighted by atomic mass is 10.0. The average molecular weight is 705 g/mol. The quantitative estimate of drug-likeness (QED) is 0.161. The van der Waals surface area contributed by atoms with Gasteiger partial charge >= 0.3 is 0 Å². The molecule has 1 N–H and O–H groups in total. The van der Waals surface area contributed by atoms with E-state index in [-0.39, 0.29) is 29.8 Å². The van der Waals surface area contributed by atoms with E-state index in [1.54, 1.807) is 30.3 Å². The Labute approximate surface area is 281 Å². The van der Waals surface area contributed by atoms with Gasteiger partial charge < -0.3 is 10.2 Å². The molecule has 0 spiro atoms. The number of benzene rings is 4. The Morgan fingerprint density at radius 3 is 2.07 bits per heavy atom. The third-order valence-corrected chi connectivity index (χ3v) is 10.3. The third-order valence-electron chi connectivity index (χ3n) is 8.05. The molecule has 4 rings (SSSR count). The van der Waals surface area contributed by atoms with Crippen molar-refractivity contribution < 1.29 is 18.0 Å². The van der Waals surface area contributed by atoms with Crippen molar-refractivity contribution in [3.8, 4) is 0 Å². The summed E-state index contributed by atoms with van der Waals surface area (Å²) in [4.78, 5) is 30.2. The maximum atomic E-state index is 14.6. The topological polar surface area (TPSA) is 86.8 Å². The third kappa shape index (κ3) is 8.85. The number of hydrogen-bond acceptors (Lipinski definition) is 4. The predicted molar refractivity (Wildman–Crippen MR) is 188 cm³/mol. The number of carbonyl (C=O) groups excluding carboxylic acids is 2. The molecule has 0 saturated heterocycles. The van der Waals surface area contributed by atoms with Crippen LogP contribution in [-0.4, -0.2) is 43.8 Å². The van der Waals surface area contributed by atoms with Crippen molar-refractivity contribution in [2.24, 2.45) is 0 Å². The molecule has 2 amide bonds. The fraction of sp³-hybridized carbons (Fsp3) is 0.297. The van der Waals surface area contributed by atoms with Gasteiger partial charge in [0, 0.05) is 23.5 Å². The van der Waals surface area contributed by atoms with Gasteiger partial charge in [0.15, 0.2) is 0 Å². The first-order valence-corrected chi connectivity index (χ1v) is 17.7. The van der Waals surface area contributed by atoms with E-state index in [0.717, 1.165) is 38.7 Å². The summed E-state index contributed by atoms with van der Waals surface area (Å²) in [5, 5.41) is 3.07. The van der Waals surface area contributed by atoms with Crippen LogP contribution in [0.25, 0.3) is 0 Å². The molecule has 0 aromatic heterocycles. The molecule has 0 heterocycles. The summed E-state index contributed by atoms with van der Waals surface area (Å²) in [5.74, 6) is -0.776. The highest BCUT2D eigenvalue weighted by molar-refractivity contribution is 9.10.